The van der Waals surface area contributed by atoms with Crippen LogP contribution in [0.25, 0.3) is 0 Å². The van der Waals surface area contributed by atoms with E-state index in [0.29, 0.717) is 6.04 Å². The average molecular weight is 255 g/mol. The standard InChI is InChI=1S/C15H33N3/c1-5-11-18(13-12-17(3)4)15-10-8-6-7-9-14(15)16-2/h14-16H,5-13H2,1-4H3. The number of nitrogens with one attached hydrogen (secondary N) is 1. The van der Waals surface area contributed by atoms with Crippen molar-refractivity contribution in [3.63, 3.8) is 0 Å². The van der Waals surface area contributed by atoms with Gasteiger partial charge < -0.3 is 10.2 Å². The van der Waals surface area contributed by atoms with E-state index >= 15 is 0 Å². The van der Waals surface area contributed by atoms with Crippen LogP contribution in [-0.4, -0.2) is 62.7 Å². The molecule has 18 heavy (non-hydrogen) atoms. The second-order valence-electron chi connectivity index (χ2n) is 5.94. The molecule has 3 nitrogen and oxygen atoms in total. The summed E-state index contributed by atoms with van der Waals surface area (Å²) in [5, 5.41) is 3.57. The summed E-state index contributed by atoms with van der Waals surface area (Å²) < 4.78 is 0. The molecule has 108 valence electrons. The van der Waals surface area contributed by atoms with Gasteiger partial charge in [0.1, 0.15) is 0 Å². The van der Waals surface area contributed by atoms with E-state index in [-0.39, 0.29) is 0 Å². The van der Waals surface area contributed by atoms with Gasteiger partial charge in [0, 0.05) is 25.2 Å². The highest BCUT2D eigenvalue weighted by molar-refractivity contribution is 4.86. The summed E-state index contributed by atoms with van der Waals surface area (Å²) in [6.45, 7) is 5.93. The molecule has 1 aliphatic carbocycles. The van der Waals surface area contributed by atoms with Gasteiger partial charge in [-0.25, -0.2) is 0 Å². The average Bonchev–Trinajstić information content (AvgIpc) is 2.59. The molecule has 2 atom stereocenters. The van der Waals surface area contributed by atoms with E-state index in [0.717, 1.165) is 6.04 Å². The van der Waals surface area contributed by atoms with Gasteiger partial charge in [0.05, 0.1) is 0 Å². The fraction of sp³-hybridized carbons (Fsp3) is 1.00. The van der Waals surface area contributed by atoms with Crippen molar-refractivity contribution in [2.45, 2.75) is 57.5 Å². The van der Waals surface area contributed by atoms with E-state index < -0.39 is 0 Å². The van der Waals surface area contributed by atoms with Crippen LogP contribution in [0.2, 0.25) is 0 Å². The molecule has 1 fully saturated rings. The maximum Gasteiger partial charge on any atom is 0.0249 e. The summed E-state index contributed by atoms with van der Waals surface area (Å²) in [6, 6.07) is 1.44. The zero-order valence-electron chi connectivity index (χ0n) is 12.9. The van der Waals surface area contributed by atoms with E-state index in [1.165, 1.54) is 58.2 Å². The predicted molar refractivity (Wildman–Crippen MR) is 80.1 cm³/mol. The molecule has 2 unspecified atom stereocenters. The number of likely N-dealkylation sites (N-methyl/N-ethyl adjacent to an activating group) is 2. The van der Waals surface area contributed by atoms with Gasteiger partial charge in [-0.2, -0.15) is 0 Å². The van der Waals surface area contributed by atoms with E-state index in [2.05, 4.69) is 43.2 Å². The van der Waals surface area contributed by atoms with Crippen LogP contribution >= 0.6 is 0 Å². The van der Waals surface area contributed by atoms with Crippen LogP contribution in [0.15, 0.2) is 0 Å². The lowest BCUT2D eigenvalue weighted by Crippen LogP contribution is -2.50. The molecular weight excluding hydrogens is 222 g/mol. The van der Waals surface area contributed by atoms with Crippen molar-refractivity contribution in [2.75, 3.05) is 40.8 Å². The molecule has 0 bridgehead atoms. The van der Waals surface area contributed by atoms with Crippen molar-refractivity contribution in [1.29, 1.82) is 0 Å². The van der Waals surface area contributed by atoms with Gasteiger partial charge in [-0.1, -0.05) is 26.2 Å². The molecule has 0 amide bonds. The second-order valence-corrected chi connectivity index (χ2v) is 5.94. The fourth-order valence-electron chi connectivity index (χ4n) is 3.12. The van der Waals surface area contributed by atoms with Gasteiger partial charge in [0.15, 0.2) is 0 Å². The maximum absolute atomic E-state index is 3.57. The lowest BCUT2D eigenvalue weighted by atomic mass is 10.0. The molecule has 0 aromatic heterocycles. The minimum Gasteiger partial charge on any atom is -0.315 e. The third-order valence-electron chi connectivity index (χ3n) is 4.16. The van der Waals surface area contributed by atoms with Crippen molar-refractivity contribution in [3.05, 3.63) is 0 Å². The van der Waals surface area contributed by atoms with Crippen molar-refractivity contribution < 1.29 is 0 Å². The third kappa shape index (κ3) is 5.25. The summed E-state index contributed by atoms with van der Waals surface area (Å²) in [4.78, 5) is 5.03. The Hall–Kier alpha value is -0.120. The molecule has 1 N–H and O–H groups in total. The van der Waals surface area contributed by atoms with Crippen molar-refractivity contribution in [2.24, 2.45) is 0 Å². The van der Waals surface area contributed by atoms with Gasteiger partial charge in [0.2, 0.25) is 0 Å². The van der Waals surface area contributed by atoms with Crippen molar-refractivity contribution in [1.82, 2.24) is 15.1 Å². The maximum atomic E-state index is 3.57. The lowest BCUT2D eigenvalue weighted by molar-refractivity contribution is 0.139. The van der Waals surface area contributed by atoms with Crippen molar-refractivity contribution >= 4 is 0 Å². The van der Waals surface area contributed by atoms with Gasteiger partial charge in [0.25, 0.3) is 0 Å². The molecule has 0 spiro atoms. The third-order valence-corrected chi connectivity index (χ3v) is 4.16. The smallest absolute Gasteiger partial charge is 0.0249 e. The summed E-state index contributed by atoms with van der Waals surface area (Å²) in [5.74, 6) is 0. The van der Waals surface area contributed by atoms with Gasteiger partial charge in [-0.15, -0.1) is 0 Å². The van der Waals surface area contributed by atoms with E-state index in [4.69, 9.17) is 0 Å². The SMILES string of the molecule is CCCN(CCN(C)C)C1CCCCCC1NC. The summed E-state index contributed by atoms with van der Waals surface area (Å²) in [5.41, 5.74) is 0. The van der Waals surface area contributed by atoms with Crippen LogP contribution < -0.4 is 5.32 Å². The molecule has 0 heterocycles. The van der Waals surface area contributed by atoms with Crippen LogP contribution in [-0.2, 0) is 0 Å². The molecule has 3 heteroatoms. The molecule has 0 aliphatic heterocycles. The van der Waals surface area contributed by atoms with Crippen molar-refractivity contribution in [3.8, 4) is 0 Å². The minimum atomic E-state index is 0.696. The molecule has 0 radical (unpaired) electrons. The summed E-state index contributed by atoms with van der Waals surface area (Å²) in [7, 11) is 6.48. The first-order valence-electron chi connectivity index (χ1n) is 7.75. The first-order valence-corrected chi connectivity index (χ1v) is 7.75. The summed E-state index contributed by atoms with van der Waals surface area (Å²) >= 11 is 0. The highest BCUT2D eigenvalue weighted by Crippen LogP contribution is 2.22. The molecule has 1 rings (SSSR count). The Morgan fingerprint density at radius 3 is 2.33 bits per heavy atom. The van der Waals surface area contributed by atoms with Crippen LogP contribution in [0.3, 0.4) is 0 Å². The van der Waals surface area contributed by atoms with E-state index in [1.54, 1.807) is 0 Å². The Bertz CT molecular complexity index is 206. The zero-order valence-corrected chi connectivity index (χ0v) is 12.9. The van der Waals surface area contributed by atoms with E-state index in [1.807, 2.05) is 0 Å². The van der Waals surface area contributed by atoms with Crippen LogP contribution in [0, 0.1) is 0 Å². The minimum absolute atomic E-state index is 0.696. The van der Waals surface area contributed by atoms with Gasteiger partial charge >= 0.3 is 0 Å². The Balaban J connectivity index is 2.60. The number of hydrogen-bond acceptors (Lipinski definition) is 3. The van der Waals surface area contributed by atoms with Crippen LogP contribution in [0.1, 0.15) is 45.4 Å². The zero-order chi connectivity index (χ0) is 13.4. The molecular formula is C15H33N3. The first kappa shape index (κ1) is 15.9. The topological polar surface area (TPSA) is 18.5 Å². The molecule has 0 aromatic carbocycles. The monoisotopic (exact) mass is 255 g/mol. The molecule has 1 aliphatic rings. The Morgan fingerprint density at radius 2 is 1.72 bits per heavy atom. The summed E-state index contributed by atoms with van der Waals surface area (Å²) in [6.07, 6.45) is 8.21. The molecule has 1 saturated carbocycles. The van der Waals surface area contributed by atoms with Gasteiger partial charge in [-0.3, -0.25) is 4.90 Å². The lowest BCUT2D eigenvalue weighted by Gasteiger charge is -2.36. The highest BCUT2D eigenvalue weighted by Gasteiger charge is 2.27. The predicted octanol–water partition coefficient (Wildman–Crippen LogP) is 2.18. The molecule has 0 saturated heterocycles. The first-order chi connectivity index (χ1) is 8.69. The normalized spacial score (nSPS) is 25.7. The van der Waals surface area contributed by atoms with E-state index in [9.17, 15) is 0 Å². The Kier molecular flexibility index (Phi) is 7.87. The quantitative estimate of drug-likeness (QED) is 0.704. The fourth-order valence-corrected chi connectivity index (χ4v) is 3.12. The Morgan fingerprint density at radius 1 is 1.00 bits per heavy atom. The number of nitrogens with zero attached hydrogens (tertiary/aromatic N) is 2. The Labute approximate surface area is 114 Å². The largest absolute Gasteiger partial charge is 0.315 e. The molecule has 0 aromatic rings. The number of rotatable bonds is 7. The highest BCUT2D eigenvalue weighted by atomic mass is 15.2. The second kappa shape index (κ2) is 8.89. The van der Waals surface area contributed by atoms with Crippen LogP contribution in [0.5, 0.6) is 0 Å². The van der Waals surface area contributed by atoms with Gasteiger partial charge in [-0.05, 0) is 47.0 Å². The number of hydrogen-bond donors (Lipinski definition) is 1. The van der Waals surface area contributed by atoms with Crippen LogP contribution in [0.4, 0.5) is 0 Å².